The number of phenolic OH excluding ortho intramolecular Hbond substituents is 1. The molecule has 0 amide bonds. The summed E-state index contributed by atoms with van der Waals surface area (Å²) in [6.45, 7) is 0. The van der Waals surface area contributed by atoms with E-state index in [0.717, 1.165) is 44.8 Å². The van der Waals surface area contributed by atoms with E-state index in [0.29, 0.717) is 16.6 Å². The molecule has 4 aromatic heterocycles. The molecule has 0 aliphatic carbocycles. The number of hydrogen-bond acceptors (Lipinski definition) is 6. The summed E-state index contributed by atoms with van der Waals surface area (Å²) in [7, 11) is 0. The van der Waals surface area contributed by atoms with Gasteiger partial charge in [0.05, 0.1) is 22.8 Å². The normalized spacial score (nSPS) is 11.8. The number of nitroso groups, excluding NO2 is 1. The van der Waals surface area contributed by atoms with Crippen molar-refractivity contribution < 1.29 is 5.11 Å². The zero-order valence-electron chi connectivity index (χ0n) is 19.5. The number of pyridine rings is 1. The highest BCUT2D eigenvalue weighted by Gasteiger charge is 2.05. The van der Waals surface area contributed by atoms with Crippen molar-refractivity contribution in [2.24, 2.45) is 5.18 Å². The summed E-state index contributed by atoms with van der Waals surface area (Å²) >= 11 is 0. The van der Waals surface area contributed by atoms with Gasteiger partial charge in [0, 0.05) is 33.6 Å². The molecule has 1 aromatic carbocycles. The third-order valence-corrected chi connectivity index (χ3v) is 5.87. The quantitative estimate of drug-likeness (QED) is 0.217. The van der Waals surface area contributed by atoms with E-state index in [2.05, 4.69) is 60.4 Å². The first-order chi connectivity index (χ1) is 18.1. The molecule has 8 nitrogen and oxygen atoms in total. The molecule has 5 aromatic rings. The van der Waals surface area contributed by atoms with Crippen LogP contribution in [0.15, 0.2) is 84.2 Å². The summed E-state index contributed by atoms with van der Waals surface area (Å²) < 4.78 is 0. The van der Waals surface area contributed by atoms with Gasteiger partial charge in [-0.3, -0.25) is 4.98 Å². The monoisotopic (exact) mass is 484 g/mol. The molecule has 0 atom stereocenters. The average Bonchev–Trinajstić information content (AvgIpc) is 3.71. The Balaban J connectivity index is 0.000000164. The van der Waals surface area contributed by atoms with Crippen molar-refractivity contribution in [2.75, 3.05) is 0 Å². The zero-order valence-corrected chi connectivity index (χ0v) is 19.5. The Hall–Kier alpha value is -5.37. The first-order valence-corrected chi connectivity index (χ1v) is 11.6. The minimum Gasteiger partial charge on any atom is -0.506 e. The van der Waals surface area contributed by atoms with Gasteiger partial charge in [-0.05, 0) is 102 Å². The fraction of sp³-hybridized carbons (Fsp3) is 0. The molecule has 3 N–H and O–H groups in total. The van der Waals surface area contributed by atoms with Crippen LogP contribution in [-0.4, -0.2) is 30.0 Å². The smallest absolute Gasteiger partial charge is 0.141 e. The van der Waals surface area contributed by atoms with Crippen molar-refractivity contribution in [2.45, 2.75) is 0 Å². The van der Waals surface area contributed by atoms with E-state index < -0.39 is 0 Å². The van der Waals surface area contributed by atoms with Gasteiger partial charge in [0.25, 0.3) is 0 Å². The van der Waals surface area contributed by atoms with Crippen LogP contribution in [0.2, 0.25) is 0 Å². The summed E-state index contributed by atoms with van der Waals surface area (Å²) in [4.78, 5) is 30.3. The lowest BCUT2D eigenvalue weighted by molar-refractivity contribution is 0.480. The molecule has 0 radical (unpaired) electrons. The maximum absolute atomic E-state index is 10.4. The predicted octanol–water partition coefficient (Wildman–Crippen LogP) is 6.99. The lowest BCUT2D eigenvalue weighted by Gasteiger charge is -1.99. The van der Waals surface area contributed by atoms with Gasteiger partial charge in [0.2, 0.25) is 0 Å². The molecule has 0 saturated carbocycles. The molecule has 8 heteroatoms. The summed E-state index contributed by atoms with van der Waals surface area (Å²) in [5, 5.41) is 12.8. The van der Waals surface area contributed by atoms with Gasteiger partial charge < -0.3 is 15.1 Å². The first-order valence-electron chi connectivity index (χ1n) is 11.6. The summed E-state index contributed by atoms with van der Waals surface area (Å²) in [6, 6.07) is 22.7. The van der Waals surface area contributed by atoms with Crippen LogP contribution >= 0.6 is 0 Å². The summed E-state index contributed by atoms with van der Waals surface area (Å²) in [6.07, 6.45) is 9.60. The van der Waals surface area contributed by atoms with Crippen molar-refractivity contribution in [3.8, 4) is 5.75 Å². The largest absolute Gasteiger partial charge is 0.506 e. The maximum atomic E-state index is 10.4. The molecule has 0 saturated heterocycles. The third-order valence-electron chi connectivity index (χ3n) is 5.87. The van der Waals surface area contributed by atoms with E-state index >= 15 is 0 Å². The van der Waals surface area contributed by atoms with E-state index in [1.54, 1.807) is 18.3 Å². The van der Waals surface area contributed by atoms with Crippen molar-refractivity contribution in [3.05, 3.63) is 107 Å². The van der Waals surface area contributed by atoms with Crippen LogP contribution in [0.4, 0.5) is 5.69 Å². The molecule has 0 unspecified atom stereocenters. The molecule has 2 aliphatic heterocycles. The third kappa shape index (κ3) is 4.76. The zero-order chi connectivity index (χ0) is 25.2. The van der Waals surface area contributed by atoms with Crippen LogP contribution in [0.1, 0.15) is 22.8 Å². The number of aromatic nitrogens is 5. The predicted molar refractivity (Wildman–Crippen MR) is 148 cm³/mol. The standard InChI is InChI=1S/C20H14N4.C9H6N2O2/c1-2-14-10-16-5-6-18(23-16)12-20-8-7-19(24-20)11-17-4-3-15(22-17)9-13(1)21-14;12-8-4-3-7(11-13)6-2-1-5-10-9(6)8/h1-12,21-22H;1-5,12H. The van der Waals surface area contributed by atoms with Crippen molar-refractivity contribution in [1.82, 2.24) is 24.9 Å². The number of benzene rings is 1. The number of rotatable bonds is 1. The first kappa shape index (κ1) is 22.1. The van der Waals surface area contributed by atoms with Crippen LogP contribution in [0.5, 0.6) is 5.75 Å². The van der Waals surface area contributed by atoms with E-state index in [4.69, 9.17) is 0 Å². The fourth-order valence-electron chi connectivity index (χ4n) is 4.17. The fourth-order valence-corrected chi connectivity index (χ4v) is 4.17. The number of phenols is 1. The second kappa shape index (κ2) is 9.35. The Bertz CT molecular complexity index is 1790. The molecule has 178 valence electrons. The van der Waals surface area contributed by atoms with E-state index in [-0.39, 0.29) is 5.75 Å². The number of H-pyrrole nitrogens is 2. The molecular weight excluding hydrogens is 464 g/mol. The Kier molecular flexibility index (Phi) is 5.59. The number of hydrogen-bond donors (Lipinski definition) is 3. The van der Waals surface area contributed by atoms with Crippen LogP contribution in [0.3, 0.4) is 0 Å². The summed E-state index contributed by atoms with van der Waals surface area (Å²) in [5.41, 5.74) is 8.56. The van der Waals surface area contributed by atoms with Gasteiger partial charge >= 0.3 is 0 Å². The van der Waals surface area contributed by atoms with Crippen molar-refractivity contribution in [1.29, 1.82) is 0 Å². The lowest BCUT2D eigenvalue weighted by atomic mass is 10.2. The van der Waals surface area contributed by atoms with E-state index in [1.165, 1.54) is 12.1 Å². The minimum absolute atomic E-state index is 0.0583. The Morgan fingerprint density at radius 1 is 0.649 bits per heavy atom. The van der Waals surface area contributed by atoms with Crippen LogP contribution in [0, 0.1) is 4.91 Å². The highest BCUT2D eigenvalue weighted by Crippen LogP contribution is 2.30. The highest BCUT2D eigenvalue weighted by molar-refractivity contribution is 5.93. The van der Waals surface area contributed by atoms with Crippen molar-refractivity contribution >= 4 is 63.0 Å². The number of nitrogens with one attached hydrogen (secondary N) is 2. The van der Waals surface area contributed by atoms with Crippen LogP contribution in [-0.2, 0) is 0 Å². The van der Waals surface area contributed by atoms with E-state index in [1.807, 2.05) is 42.5 Å². The van der Waals surface area contributed by atoms with Gasteiger partial charge in [-0.15, -0.1) is 4.91 Å². The van der Waals surface area contributed by atoms with Gasteiger partial charge in [-0.2, -0.15) is 0 Å². The van der Waals surface area contributed by atoms with E-state index in [9.17, 15) is 10.0 Å². The molecule has 0 fully saturated rings. The van der Waals surface area contributed by atoms with Gasteiger partial charge in [0.15, 0.2) is 0 Å². The highest BCUT2D eigenvalue weighted by atomic mass is 16.3. The average molecular weight is 485 g/mol. The van der Waals surface area contributed by atoms with Crippen LogP contribution in [0.25, 0.3) is 57.3 Å². The SMILES string of the molecule is C1=Cc2cc3ccc(cc4ccc(cc5nc(cc1n2)C=C5)[nH]4)[nH]3.O=Nc1ccc(O)c2ncccc12. The second-order valence-corrected chi connectivity index (χ2v) is 8.50. The maximum Gasteiger partial charge on any atom is 0.141 e. The Morgan fingerprint density at radius 3 is 1.76 bits per heavy atom. The lowest BCUT2D eigenvalue weighted by Crippen LogP contribution is -1.78. The molecule has 7 rings (SSSR count). The molecule has 0 spiro atoms. The second-order valence-electron chi connectivity index (χ2n) is 8.50. The molecule has 37 heavy (non-hydrogen) atoms. The topological polar surface area (TPSA) is 120 Å². The number of fused-ring (bicyclic) bond motifs is 9. The Morgan fingerprint density at radius 2 is 1.19 bits per heavy atom. The molecule has 8 bridgehead atoms. The Labute approximate surface area is 210 Å². The summed E-state index contributed by atoms with van der Waals surface area (Å²) in [5.74, 6) is 0.0583. The number of nitrogens with zero attached hydrogens (tertiary/aromatic N) is 4. The minimum atomic E-state index is 0.0583. The molecule has 6 heterocycles. The number of aromatic amines is 2. The van der Waals surface area contributed by atoms with Gasteiger partial charge in [0.1, 0.15) is 17.0 Å². The molecular formula is C29H20N6O2. The van der Waals surface area contributed by atoms with Gasteiger partial charge in [-0.1, -0.05) is 0 Å². The van der Waals surface area contributed by atoms with Crippen LogP contribution < -0.4 is 0 Å². The number of aromatic hydroxyl groups is 1. The van der Waals surface area contributed by atoms with Crippen molar-refractivity contribution in [3.63, 3.8) is 0 Å². The van der Waals surface area contributed by atoms with Gasteiger partial charge in [-0.25, -0.2) is 9.97 Å². The molecule has 2 aliphatic rings.